The van der Waals surface area contributed by atoms with Gasteiger partial charge in [0.05, 0.1) is 15.5 Å². The largest absolute Gasteiger partial charge is 0.506 e. The van der Waals surface area contributed by atoms with Gasteiger partial charge in [-0.15, -0.1) is 0 Å². The number of nitrogens with zero attached hydrogens (tertiary/aromatic N) is 2. The third kappa shape index (κ3) is 5.53. The molecule has 1 heterocycles. The molecule has 0 atom stereocenters. The zero-order chi connectivity index (χ0) is 22.7. The Bertz CT molecular complexity index is 1140. The molecule has 1 aliphatic rings. The number of carbonyl (C=O) groups is 2. The summed E-state index contributed by atoms with van der Waals surface area (Å²) in [5.74, 6) is -1.23. The van der Waals surface area contributed by atoms with Crippen LogP contribution in [0.25, 0.3) is 6.08 Å². The van der Waals surface area contributed by atoms with Gasteiger partial charge in [-0.2, -0.15) is 0 Å². The number of halogens is 2. The average Bonchev–Trinajstić information content (AvgIpc) is 2.96. The number of hydrogen-bond donors (Lipinski definition) is 2. The van der Waals surface area contributed by atoms with Crippen LogP contribution in [0.1, 0.15) is 12.0 Å². The van der Waals surface area contributed by atoms with Crippen LogP contribution in [0.15, 0.2) is 41.3 Å². The number of rotatable bonds is 6. The van der Waals surface area contributed by atoms with Crippen molar-refractivity contribution in [3.05, 3.63) is 67.0 Å². The van der Waals surface area contributed by atoms with E-state index in [2.05, 4.69) is 5.32 Å². The number of hydrogen-bond acceptors (Lipinski definition) is 7. The number of phenolic OH excluding ortho intramolecular Hbond substituents is 1. The van der Waals surface area contributed by atoms with Gasteiger partial charge in [0, 0.05) is 35.1 Å². The number of nitro groups is 1. The fraction of sp³-hybridized carbons (Fsp3) is 0.105. The highest BCUT2D eigenvalue weighted by Crippen LogP contribution is 2.34. The van der Waals surface area contributed by atoms with E-state index in [1.54, 1.807) is 24.3 Å². The minimum absolute atomic E-state index is 0.00210. The molecule has 12 heteroatoms. The van der Waals surface area contributed by atoms with Gasteiger partial charge in [-0.1, -0.05) is 53.2 Å². The first kappa shape index (κ1) is 23.0. The summed E-state index contributed by atoms with van der Waals surface area (Å²) in [5, 5.41) is 23.9. The van der Waals surface area contributed by atoms with E-state index in [-0.39, 0.29) is 40.3 Å². The summed E-state index contributed by atoms with van der Waals surface area (Å²) in [6, 6.07) is 8.16. The summed E-state index contributed by atoms with van der Waals surface area (Å²) >= 11 is 18.3. The maximum Gasteiger partial charge on any atom is 0.271 e. The van der Waals surface area contributed by atoms with Gasteiger partial charge < -0.3 is 10.4 Å². The van der Waals surface area contributed by atoms with Crippen LogP contribution in [0.5, 0.6) is 5.75 Å². The molecule has 0 spiro atoms. The highest BCUT2D eigenvalue weighted by molar-refractivity contribution is 8.26. The van der Waals surface area contributed by atoms with E-state index < -0.39 is 10.8 Å². The van der Waals surface area contributed by atoms with E-state index in [1.807, 2.05) is 0 Å². The summed E-state index contributed by atoms with van der Waals surface area (Å²) in [6.07, 6.45) is 1.46. The standard InChI is InChI=1S/C19H13Cl2N3O5S2/c20-11-2-1-10(13(21)8-11)7-16-18(27)23(19(30)31-16)6-5-17(26)22-14-9-12(24(28)29)3-4-15(14)25/h1-4,7-9,25H,5-6H2,(H,22,26). The van der Waals surface area contributed by atoms with Crippen molar-refractivity contribution in [1.29, 1.82) is 0 Å². The Morgan fingerprint density at radius 1 is 1.29 bits per heavy atom. The molecular formula is C19H13Cl2N3O5S2. The highest BCUT2D eigenvalue weighted by atomic mass is 35.5. The predicted molar refractivity (Wildman–Crippen MR) is 124 cm³/mol. The maximum atomic E-state index is 12.7. The molecule has 2 aromatic carbocycles. The lowest BCUT2D eigenvalue weighted by atomic mass is 10.2. The van der Waals surface area contributed by atoms with Crippen molar-refractivity contribution in [2.45, 2.75) is 6.42 Å². The van der Waals surface area contributed by atoms with E-state index in [0.717, 1.165) is 30.0 Å². The number of aromatic hydroxyl groups is 1. The molecule has 1 saturated heterocycles. The monoisotopic (exact) mass is 497 g/mol. The Kier molecular flexibility index (Phi) is 7.16. The number of amides is 2. The normalized spacial score (nSPS) is 14.9. The Balaban J connectivity index is 1.65. The first-order chi connectivity index (χ1) is 14.7. The number of nitro benzene ring substituents is 1. The summed E-state index contributed by atoms with van der Waals surface area (Å²) < 4.78 is 0.285. The van der Waals surface area contributed by atoms with E-state index in [0.29, 0.717) is 20.5 Å². The molecule has 0 aromatic heterocycles. The van der Waals surface area contributed by atoms with Gasteiger partial charge >= 0.3 is 0 Å². The number of anilines is 1. The Labute approximate surface area is 196 Å². The average molecular weight is 498 g/mol. The van der Waals surface area contributed by atoms with Crippen LogP contribution in [-0.2, 0) is 9.59 Å². The van der Waals surface area contributed by atoms with Gasteiger partial charge in [0.25, 0.3) is 11.6 Å². The number of phenols is 1. The van der Waals surface area contributed by atoms with E-state index >= 15 is 0 Å². The minimum Gasteiger partial charge on any atom is -0.506 e. The third-order valence-electron chi connectivity index (χ3n) is 4.15. The van der Waals surface area contributed by atoms with Crippen LogP contribution in [0.2, 0.25) is 10.0 Å². The number of benzene rings is 2. The zero-order valence-electron chi connectivity index (χ0n) is 15.5. The molecule has 8 nitrogen and oxygen atoms in total. The van der Waals surface area contributed by atoms with Gasteiger partial charge in [-0.05, 0) is 29.8 Å². The van der Waals surface area contributed by atoms with E-state index in [4.69, 9.17) is 35.4 Å². The molecule has 3 rings (SSSR count). The second kappa shape index (κ2) is 9.65. The van der Waals surface area contributed by atoms with Crippen molar-refractivity contribution in [3.8, 4) is 5.75 Å². The molecule has 160 valence electrons. The zero-order valence-corrected chi connectivity index (χ0v) is 18.6. The fourth-order valence-electron chi connectivity index (χ4n) is 2.62. The molecule has 0 aliphatic carbocycles. The predicted octanol–water partition coefficient (Wildman–Crippen LogP) is 4.84. The number of thiocarbonyl (C=S) groups is 1. The van der Waals surface area contributed by atoms with Crippen LogP contribution in [0, 0.1) is 10.1 Å². The molecule has 31 heavy (non-hydrogen) atoms. The van der Waals surface area contributed by atoms with Crippen LogP contribution < -0.4 is 5.32 Å². The van der Waals surface area contributed by atoms with Crippen molar-refractivity contribution in [2.24, 2.45) is 0 Å². The van der Waals surface area contributed by atoms with Gasteiger partial charge in [0.15, 0.2) is 0 Å². The Hall–Kier alpha value is -2.66. The number of carbonyl (C=O) groups excluding carboxylic acids is 2. The second-order valence-electron chi connectivity index (χ2n) is 6.26. The van der Waals surface area contributed by atoms with E-state index in [1.165, 1.54) is 4.90 Å². The van der Waals surface area contributed by atoms with Crippen molar-refractivity contribution < 1.29 is 19.6 Å². The van der Waals surface area contributed by atoms with Crippen LogP contribution in [-0.4, -0.2) is 37.6 Å². The molecule has 0 saturated carbocycles. The van der Waals surface area contributed by atoms with Crippen LogP contribution >= 0.6 is 47.2 Å². The Morgan fingerprint density at radius 2 is 2.03 bits per heavy atom. The van der Waals surface area contributed by atoms with Crippen molar-refractivity contribution in [1.82, 2.24) is 4.90 Å². The molecule has 0 bridgehead atoms. The molecule has 1 aliphatic heterocycles. The molecule has 1 fully saturated rings. The lowest BCUT2D eigenvalue weighted by Gasteiger charge is -2.14. The maximum absolute atomic E-state index is 12.7. The quantitative estimate of drug-likeness (QED) is 0.193. The number of non-ortho nitro benzene ring substituents is 1. The van der Waals surface area contributed by atoms with Gasteiger partial charge in [0.1, 0.15) is 10.1 Å². The van der Waals surface area contributed by atoms with Gasteiger partial charge in [-0.25, -0.2) is 0 Å². The highest BCUT2D eigenvalue weighted by Gasteiger charge is 2.32. The Morgan fingerprint density at radius 3 is 2.71 bits per heavy atom. The smallest absolute Gasteiger partial charge is 0.271 e. The molecule has 2 N–H and O–H groups in total. The molecule has 0 unspecified atom stereocenters. The topological polar surface area (TPSA) is 113 Å². The summed E-state index contributed by atoms with van der Waals surface area (Å²) in [4.78, 5) is 36.8. The number of thioether (sulfide) groups is 1. The second-order valence-corrected chi connectivity index (χ2v) is 8.78. The fourth-order valence-corrected chi connectivity index (χ4v) is 4.38. The lowest BCUT2D eigenvalue weighted by Crippen LogP contribution is -2.31. The van der Waals surface area contributed by atoms with Crippen molar-refractivity contribution >= 4 is 80.8 Å². The molecule has 2 aromatic rings. The van der Waals surface area contributed by atoms with Gasteiger partial charge in [-0.3, -0.25) is 24.6 Å². The first-order valence-corrected chi connectivity index (χ1v) is 10.6. The number of nitrogens with one attached hydrogen (secondary N) is 1. The van der Waals surface area contributed by atoms with Crippen molar-refractivity contribution in [2.75, 3.05) is 11.9 Å². The third-order valence-corrected chi connectivity index (χ3v) is 6.09. The first-order valence-electron chi connectivity index (χ1n) is 8.63. The SMILES string of the molecule is O=C(CCN1C(=O)C(=Cc2ccc(Cl)cc2Cl)SC1=S)Nc1cc([N+](=O)[O-])ccc1O. The van der Waals surface area contributed by atoms with Gasteiger partial charge in [0.2, 0.25) is 5.91 Å². The lowest BCUT2D eigenvalue weighted by molar-refractivity contribution is -0.384. The summed E-state index contributed by atoms with van der Waals surface area (Å²) in [5.41, 5.74) is 0.225. The summed E-state index contributed by atoms with van der Waals surface area (Å²) in [7, 11) is 0. The molecule has 2 amide bonds. The van der Waals surface area contributed by atoms with Crippen LogP contribution in [0.4, 0.5) is 11.4 Å². The summed E-state index contributed by atoms with van der Waals surface area (Å²) in [6.45, 7) is -0.00210. The molecule has 0 radical (unpaired) electrons. The van der Waals surface area contributed by atoms with Crippen LogP contribution in [0.3, 0.4) is 0 Å². The van der Waals surface area contributed by atoms with E-state index in [9.17, 15) is 24.8 Å². The molecular weight excluding hydrogens is 485 g/mol. The minimum atomic E-state index is -0.644. The van der Waals surface area contributed by atoms with Crippen molar-refractivity contribution in [3.63, 3.8) is 0 Å².